The van der Waals surface area contributed by atoms with Crippen molar-refractivity contribution in [2.45, 2.75) is 38.8 Å². The van der Waals surface area contributed by atoms with Gasteiger partial charge in [0.15, 0.2) is 0 Å². The van der Waals surface area contributed by atoms with Crippen molar-refractivity contribution < 1.29 is 9.59 Å². The second kappa shape index (κ2) is 6.86. The van der Waals surface area contributed by atoms with Crippen LogP contribution in [0.25, 0.3) is 0 Å². The van der Waals surface area contributed by atoms with E-state index in [1.807, 2.05) is 18.0 Å². The lowest BCUT2D eigenvalue weighted by atomic mass is 10.2. The average Bonchev–Trinajstić information content (AvgIpc) is 3.32. The summed E-state index contributed by atoms with van der Waals surface area (Å²) in [5.41, 5.74) is 1.11. The molecule has 0 aromatic carbocycles. The first-order valence-corrected chi connectivity index (χ1v) is 9.04. The molecule has 0 saturated carbocycles. The minimum atomic E-state index is -0.172. The van der Waals surface area contributed by atoms with E-state index in [0.29, 0.717) is 25.2 Å². The van der Waals surface area contributed by atoms with Crippen LogP contribution in [0.15, 0.2) is 24.8 Å². The summed E-state index contributed by atoms with van der Waals surface area (Å²) in [6.45, 7) is 4.90. The highest BCUT2D eigenvalue weighted by Crippen LogP contribution is 2.26. The third kappa shape index (κ3) is 3.07. The van der Waals surface area contributed by atoms with Crippen molar-refractivity contribution >= 4 is 11.8 Å². The maximum absolute atomic E-state index is 12.7. The number of hydrogen-bond donors (Lipinski definition) is 0. The fourth-order valence-corrected chi connectivity index (χ4v) is 3.70. The molecule has 0 N–H and O–H groups in total. The number of rotatable bonds is 3. The number of nitrogens with zero attached hydrogens (tertiary/aromatic N) is 6. The summed E-state index contributed by atoms with van der Waals surface area (Å²) in [5.74, 6) is 0.811. The van der Waals surface area contributed by atoms with Gasteiger partial charge in [-0.05, 0) is 19.8 Å². The molecule has 0 bridgehead atoms. The van der Waals surface area contributed by atoms with Crippen molar-refractivity contribution in [2.75, 3.05) is 19.6 Å². The van der Waals surface area contributed by atoms with E-state index in [4.69, 9.17) is 0 Å². The first-order valence-electron chi connectivity index (χ1n) is 9.04. The van der Waals surface area contributed by atoms with Gasteiger partial charge < -0.3 is 14.4 Å². The van der Waals surface area contributed by atoms with Crippen molar-refractivity contribution in [1.82, 2.24) is 29.3 Å². The van der Waals surface area contributed by atoms with Gasteiger partial charge in [0.1, 0.15) is 11.5 Å². The zero-order valence-electron chi connectivity index (χ0n) is 14.8. The van der Waals surface area contributed by atoms with E-state index in [2.05, 4.69) is 19.5 Å². The standard InChI is InChI=1S/C18H22N6O2/c1-13-17-21-14(10-16(25)22-6-2-3-7-22)12-23(17)8-9-24(13)18(26)15-11-19-4-5-20-15/h4-5,11-13H,2-3,6-10H2,1H3. The van der Waals surface area contributed by atoms with Gasteiger partial charge in [0.2, 0.25) is 5.91 Å². The third-order valence-electron chi connectivity index (χ3n) is 5.11. The zero-order chi connectivity index (χ0) is 18.1. The molecule has 8 nitrogen and oxygen atoms in total. The van der Waals surface area contributed by atoms with Crippen LogP contribution in [0.4, 0.5) is 0 Å². The van der Waals surface area contributed by atoms with E-state index < -0.39 is 0 Å². The zero-order valence-corrected chi connectivity index (χ0v) is 14.8. The summed E-state index contributed by atoms with van der Waals surface area (Å²) in [6, 6.07) is -0.172. The minimum Gasteiger partial charge on any atom is -0.342 e. The Morgan fingerprint density at radius 3 is 2.69 bits per heavy atom. The number of likely N-dealkylation sites (tertiary alicyclic amines) is 1. The summed E-state index contributed by atoms with van der Waals surface area (Å²) in [4.78, 5) is 41.5. The summed E-state index contributed by atoms with van der Waals surface area (Å²) in [7, 11) is 0. The molecule has 0 spiro atoms. The average molecular weight is 354 g/mol. The molecule has 0 aliphatic carbocycles. The van der Waals surface area contributed by atoms with Gasteiger partial charge in [-0.3, -0.25) is 14.6 Å². The summed E-state index contributed by atoms with van der Waals surface area (Å²) >= 11 is 0. The lowest BCUT2D eigenvalue weighted by Crippen LogP contribution is -2.41. The van der Waals surface area contributed by atoms with Crippen molar-refractivity contribution in [2.24, 2.45) is 0 Å². The van der Waals surface area contributed by atoms with Gasteiger partial charge in [-0.2, -0.15) is 0 Å². The maximum Gasteiger partial charge on any atom is 0.274 e. The van der Waals surface area contributed by atoms with Crippen LogP contribution in [0, 0.1) is 0 Å². The van der Waals surface area contributed by atoms with Crippen LogP contribution < -0.4 is 0 Å². The predicted octanol–water partition coefficient (Wildman–Crippen LogP) is 1.05. The summed E-state index contributed by atoms with van der Waals surface area (Å²) in [6.07, 6.45) is 8.99. The number of aromatic nitrogens is 4. The molecule has 2 aromatic heterocycles. The number of fused-ring (bicyclic) bond motifs is 1. The van der Waals surface area contributed by atoms with E-state index in [-0.39, 0.29) is 17.9 Å². The van der Waals surface area contributed by atoms with E-state index in [0.717, 1.165) is 37.4 Å². The van der Waals surface area contributed by atoms with E-state index in [1.165, 1.54) is 12.4 Å². The molecule has 4 heterocycles. The fraction of sp³-hybridized carbons (Fsp3) is 0.500. The highest BCUT2D eigenvalue weighted by atomic mass is 16.2. The van der Waals surface area contributed by atoms with Crippen molar-refractivity contribution in [3.05, 3.63) is 42.0 Å². The van der Waals surface area contributed by atoms with Gasteiger partial charge in [-0.15, -0.1) is 0 Å². The van der Waals surface area contributed by atoms with Crippen LogP contribution in [-0.2, 0) is 17.8 Å². The quantitative estimate of drug-likeness (QED) is 0.823. The van der Waals surface area contributed by atoms with Gasteiger partial charge >= 0.3 is 0 Å². The minimum absolute atomic E-state index is 0.137. The molecule has 1 saturated heterocycles. The highest BCUT2D eigenvalue weighted by molar-refractivity contribution is 5.92. The highest BCUT2D eigenvalue weighted by Gasteiger charge is 2.31. The molecule has 8 heteroatoms. The second-order valence-corrected chi connectivity index (χ2v) is 6.81. The maximum atomic E-state index is 12.7. The Balaban J connectivity index is 1.50. The molecule has 0 radical (unpaired) electrons. The summed E-state index contributed by atoms with van der Waals surface area (Å²) < 4.78 is 2.05. The monoisotopic (exact) mass is 354 g/mol. The molecule has 2 aliphatic rings. The van der Waals surface area contributed by atoms with Gasteiger partial charge in [0.05, 0.1) is 24.4 Å². The van der Waals surface area contributed by atoms with Gasteiger partial charge in [-0.25, -0.2) is 9.97 Å². The van der Waals surface area contributed by atoms with Crippen LogP contribution in [0.5, 0.6) is 0 Å². The Morgan fingerprint density at radius 2 is 1.96 bits per heavy atom. The Bertz CT molecular complexity index is 812. The van der Waals surface area contributed by atoms with Crippen LogP contribution >= 0.6 is 0 Å². The molecular weight excluding hydrogens is 332 g/mol. The molecule has 136 valence electrons. The Hall–Kier alpha value is -2.77. The Labute approximate surface area is 151 Å². The van der Waals surface area contributed by atoms with Crippen molar-refractivity contribution in [1.29, 1.82) is 0 Å². The lowest BCUT2D eigenvalue weighted by Gasteiger charge is -2.33. The first-order chi connectivity index (χ1) is 12.6. The first kappa shape index (κ1) is 16.7. The van der Waals surface area contributed by atoms with Gasteiger partial charge in [-0.1, -0.05) is 0 Å². The van der Waals surface area contributed by atoms with Crippen molar-refractivity contribution in [3.8, 4) is 0 Å². The molecule has 2 aliphatic heterocycles. The van der Waals surface area contributed by atoms with E-state index in [9.17, 15) is 9.59 Å². The number of carbonyl (C=O) groups is 2. The van der Waals surface area contributed by atoms with Crippen molar-refractivity contribution in [3.63, 3.8) is 0 Å². The molecule has 1 fully saturated rings. The number of hydrogen-bond acceptors (Lipinski definition) is 5. The molecule has 26 heavy (non-hydrogen) atoms. The largest absolute Gasteiger partial charge is 0.342 e. The number of amides is 2. The van der Waals surface area contributed by atoms with Crippen LogP contribution in [-0.4, -0.2) is 60.8 Å². The normalized spacial score (nSPS) is 19.5. The molecule has 2 amide bonds. The molecule has 1 unspecified atom stereocenters. The van der Waals surface area contributed by atoms with Crippen LogP contribution in [0.2, 0.25) is 0 Å². The van der Waals surface area contributed by atoms with Gasteiger partial charge in [0.25, 0.3) is 5.91 Å². The Morgan fingerprint density at radius 1 is 1.15 bits per heavy atom. The van der Waals surface area contributed by atoms with E-state index >= 15 is 0 Å². The van der Waals surface area contributed by atoms with E-state index in [1.54, 1.807) is 11.1 Å². The third-order valence-corrected chi connectivity index (χ3v) is 5.11. The molecule has 2 aromatic rings. The van der Waals surface area contributed by atoms with Crippen LogP contribution in [0.3, 0.4) is 0 Å². The van der Waals surface area contributed by atoms with Crippen LogP contribution in [0.1, 0.15) is 47.8 Å². The smallest absolute Gasteiger partial charge is 0.274 e. The Kier molecular flexibility index (Phi) is 4.40. The summed E-state index contributed by atoms with van der Waals surface area (Å²) in [5, 5.41) is 0. The SMILES string of the molecule is CC1c2nc(CC(=O)N3CCCC3)cn2CCN1C(=O)c1cnccn1. The molecule has 1 atom stereocenters. The molecule has 4 rings (SSSR count). The topological polar surface area (TPSA) is 84.2 Å². The fourth-order valence-electron chi connectivity index (χ4n) is 3.70. The predicted molar refractivity (Wildman–Crippen MR) is 93.2 cm³/mol. The second-order valence-electron chi connectivity index (χ2n) is 6.81. The number of imidazole rings is 1. The number of carbonyl (C=O) groups excluding carboxylic acids is 2. The molecular formula is C18H22N6O2. The lowest BCUT2D eigenvalue weighted by molar-refractivity contribution is -0.129. The van der Waals surface area contributed by atoms with Gasteiger partial charge in [0, 0.05) is 44.8 Å².